The second-order valence-electron chi connectivity index (χ2n) is 8.50. The van der Waals surface area contributed by atoms with Crippen molar-refractivity contribution < 1.29 is 35.9 Å². The number of amides is 1. The fraction of sp³-hybridized carbons (Fsp3) is 0.435. The standard InChI is InChI=1S/C23H22F6N2O2/c24-22(25,26)16-8-17(23(27,28)29)10-18(9-16)30-21(32)33-13-19-15-6-7-20(19)31(12-15)11-14-4-2-1-3-5-14/h1-5,8-10,15,19-20H,6-7,11-13H2,(H,30,32). The van der Waals surface area contributed by atoms with E-state index in [1.165, 1.54) is 5.56 Å². The molecule has 2 bridgehead atoms. The number of nitrogens with zero attached hydrogens (tertiary/aromatic N) is 1. The number of fused-ring (bicyclic) bond motifs is 2. The van der Waals surface area contributed by atoms with Crippen LogP contribution in [0.3, 0.4) is 0 Å². The Balaban J connectivity index is 1.38. The molecule has 1 aliphatic carbocycles. The molecule has 2 aliphatic rings. The summed E-state index contributed by atoms with van der Waals surface area (Å²) in [6.07, 6.45) is -9.12. The van der Waals surface area contributed by atoms with Gasteiger partial charge in [-0.2, -0.15) is 26.3 Å². The van der Waals surface area contributed by atoms with Crippen LogP contribution in [0.2, 0.25) is 0 Å². The van der Waals surface area contributed by atoms with Crippen LogP contribution >= 0.6 is 0 Å². The van der Waals surface area contributed by atoms with E-state index in [0.717, 1.165) is 25.9 Å². The lowest BCUT2D eigenvalue weighted by Gasteiger charge is -2.27. The molecule has 178 valence electrons. The lowest BCUT2D eigenvalue weighted by Crippen LogP contribution is -2.33. The lowest BCUT2D eigenvalue weighted by atomic mass is 9.99. The highest BCUT2D eigenvalue weighted by atomic mass is 19.4. The quantitative estimate of drug-likeness (QED) is 0.528. The van der Waals surface area contributed by atoms with Gasteiger partial charge in [-0.05, 0) is 42.5 Å². The van der Waals surface area contributed by atoms with Gasteiger partial charge in [-0.15, -0.1) is 0 Å². The van der Waals surface area contributed by atoms with E-state index < -0.39 is 35.3 Å². The van der Waals surface area contributed by atoms with Crippen LogP contribution in [0, 0.1) is 11.8 Å². The van der Waals surface area contributed by atoms with E-state index in [0.29, 0.717) is 18.1 Å². The largest absolute Gasteiger partial charge is 0.449 e. The van der Waals surface area contributed by atoms with Gasteiger partial charge in [-0.25, -0.2) is 4.79 Å². The van der Waals surface area contributed by atoms with Crippen LogP contribution in [0.25, 0.3) is 0 Å². The Morgan fingerprint density at radius 2 is 1.61 bits per heavy atom. The predicted octanol–water partition coefficient (Wildman–Crippen LogP) is 6.18. The molecule has 3 atom stereocenters. The van der Waals surface area contributed by atoms with Crippen molar-refractivity contribution in [2.24, 2.45) is 11.8 Å². The Morgan fingerprint density at radius 1 is 0.970 bits per heavy atom. The summed E-state index contributed by atoms with van der Waals surface area (Å²) in [4.78, 5) is 14.5. The first kappa shape index (κ1) is 23.4. The summed E-state index contributed by atoms with van der Waals surface area (Å²) in [5.74, 6) is 0.406. The number of hydrogen-bond donors (Lipinski definition) is 1. The fourth-order valence-electron chi connectivity index (χ4n) is 4.84. The number of halogens is 6. The molecule has 3 unspecified atom stereocenters. The average Bonchev–Trinajstić information content (AvgIpc) is 3.28. The van der Waals surface area contributed by atoms with Gasteiger partial charge in [0.05, 0.1) is 17.7 Å². The molecule has 4 nitrogen and oxygen atoms in total. The van der Waals surface area contributed by atoms with Gasteiger partial charge in [0.25, 0.3) is 0 Å². The van der Waals surface area contributed by atoms with Gasteiger partial charge in [0, 0.05) is 30.7 Å². The number of piperidine rings is 1. The maximum atomic E-state index is 13.0. The Labute approximate surface area is 186 Å². The third-order valence-electron chi connectivity index (χ3n) is 6.34. The first-order chi connectivity index (χ1) is 15.5. The van der Waals surface area contributed by atoms with Crippen molar-refractivity contribution >= 4 is 11.8 Å². The molecule has 33 heavy (non-hydrogen) atoms. The third-order valence-corrected chi connectivity index (χ3v) is 6.34. The van der Waals surface area contributed by atoms with Crippen molar-refractivity contribution in [3.8, 4) is 0 Å². The molecule has 0 aromatic heterocycles. The number of nitrogens with one attached hydrogen (secondary N) is 1. The lowest BCUT2D eigenvalue weighted by molar-refractivity contribution is -0.143. The van der Waals surface area contributed by atoms with Crippen LogP contribution < -0.4 is 5.32 Å². The maximum Gasteiger partial charge on any atom is 0.416 e. The van der Waals surface area contributed by atoms with Crippen molar-refractivity contribution in [3.05, 3.63) is 65.2 Å². The first-order valence-electron chi connectivity index (χ1n) is 10.5. The van der Waals surface area contributed by atoms with Crippen LogP contribution in [0.15, 0.2) is 48.5 Å². The molecule has 10 heteroatoms. The van der Waals surface area contributed by atoms with Crippen LogP contribution in [0.4, 0.5) is 36.8 Å². The third kappa shape index (κ3) is 5.43. The predicted molar refractivity (Wildman–Crippen MR) is 108 cm³/mol. The van der Waals surface area contributed by atoms with Crippen LogP contribution in [-0.2, 0) is 23.6 Å². The van der Waals surface area contributed by atoms with Gasteiger partial charge in [-0.3, -0.25) is 10.2 Å². The van der Waals surface area contributed by atoms with E-state index in [9.17, 15) is 31.1 Å². The molecule has 2 aromatic rings. The minimum absolute atomic E-state index is 0.00799. The molecule has 2 fully saturated rings. The van der Waals surface area contributed by atoms with Crippen LogP contribution in [-0.4, -0.2) is 30.2 Å². The van der Waals surface area contributed by atoms with Crippen LogP contribution in [0.1, 0.15) is 29.5 Å². The van der Waals surface area contributed by atoms with Crippen molar-refractivity contribution in [1.29, 1.82) is 0 Å². The molecule has 1 aliphatic heterocycles. The Kier molecular flexibility index (Phi) is 6.30. The number of carbonyl (C=O) groups excluding carboxylic acids is 1. The zero-order valence-corrected chi connectivity index (χ0v) is 17.4. The van der Waals surface area contributed by atoms with Gasteiger partial charge in [-0.1, -0.05) is 30.3 Å². The molecule has 1 N–H and O–H groups in total. The summed E-state index contributed by atoms with van der Waals surface area (Å²) >= 11 is 0. The summed E-state index contributed by atoms with van der Waals surface area (Å²) in [6, 6.07) is 11.1. The summed E-state index contributed by atoms with van der Waals surface area (Å²) in [7, 11) is 0. The summed E-state index contributed by atoms with van der Waals surface area (Å²) in [5.41, 5.74) is -2.45. The monoisotopic (exact) mass is 472 g/mol. The normalized spacial score (nSPS) is 23.0. The Bertz CT molecular complexity index is 960. The minimum atomic E-state index is -4.99. The molecular weight excluding hydrogens is 450 g/mol. The highest BCUT2D eigenvalue weighted by Crippen LogP contribution is 2.43. The summed E-state index contributed by atoms with van der Waals surface area (Å²) in [5, 5.41) is 2.02. The zero-order valence-electron chi connectivity index (χ0n) is 17.4. The number of ether oxygens (including phenoxy) is 1. The van der Waals surface area contributed by atoms with E-state index in [2.05, 4.69) is 4.90 Å². The number of carbonyl (C=O) groups is 1. The highest BCUT2D eigenvalue weighted by molar-refractivity contribution is 5.85. The second kappa shape index (κ2) is 8.89. The van der Waals surface area contributed by atoms with Crippen molar-refractivity contribution in [3.63, 3.8) is 0 Å². The average molecular weight is 472 g/mol. The fourth-order valence-corrected chi connectivity index (χ4v) is 4.84. The van der Waals surface area contributed by atoms with E-state index in [1.54, 1.807) is 0 Å². The molecular formula is C23H22F6N2O2. The van der Waals surface area contributed by atoms with Gasteiger partial charge in [0.1, 0.15) is 0 Å². The second-order valence-corrected chi connectivity index (χ2v) is 8.50. The van der Waals surface area contributed by atoms with Gasteiger partial charge >= 0.3 is 18.4 Å². The topological polar surface area (TPSA) is 41.6 Å². The van der Waals surface area contributed by atoms with Gasteiger partial charge < -0.3 is 4.74 Å². The highest BCUT2D eigenvalue weighted by Gasteiger charge is 2.47. The van der Waals surface area contributed by atoms with Crippen LogP contribution in [0.5, 0.6) is 0 Å². The van der Waals surface area contributed by atoms with Crippen molar-refractivity contribution in [2.45, 2.75) is 37.8 Å². The van der Waals surface area contributed by atoms with E-state index in [4.69, 9.17) is 4.74 Å². The maximum absolute atomic E-state index is 13.0. The van der Waals surface area contributed by atoms with Gasteiger partial charge in [0.15, 0.2) is 0 Å². The molecule has 1 amide bonds. The number of anilines is 1. The summed E-state index contributed by atoms with van der Waals surface area (Å²) in [6.45, 7) is 1.68. The summed E-state index contributed by atoms with van der Waals surface area (Å²) < 4.78 is 83.2. The zero-order chi connectivity index (χ0) is 23.8. The number of likely N-dealkylation sites (tertiary alicyclic amines) is 1. The van der Waals surface area contributed by atoms with Crippen molar-refractivity contribution in [1.82, 2.24) is 4.90 Å². The first-order valence-corrected chi connectivity index (χ1v) is 10.5. The molecule has 4 rings (SSSR count). The van der Waals surface area contributed by atoms with Gasteiger partial charge in [0.2, 0.25) is 0 Å². The van der Waals surface area contributed by atoms with E-state index >= 15 is 0 Å². The van der Waals surface area contributed by atoms with Crippen molar-refractivity contribution in [2.75, 3.05) is 18.5 Å². The minimum Gasteiger partial charge on any atom is -0.449 e. The Hall–Kier alpha value is -2.75. The molecule has 0 spiro atoms. The number of benzene rings is 2. The molecule has 1 saturated carbocycles. The molecule has 0 radical (unpaired) electrons. The number of alkyl halides is 6. The van der Waals surface area contributed by atoms with E-state index in [-0.39, 0.29) is 24.6 Å². The number of hydrogen-bond acceptors (Lipinski definition) is 3. The smallest absolute Gasteiger partial charge is 0.416 e. The molecule has 2 aromatic carbocycles. The number of rotatable bonds is 5. The Morgan fingerprint density at radius 3 is 2.21 bits per heavy atom. The SMILES string of the molecule is O=C(Nc1cc(C(F)(F)F)cc(C(F)(F)F)c1)OCC1C2CCC1N(Cc1ccccc1)C2. The van der Waals surface area contributed by atoms with E-state index in [1.807, 2.05) is 35.6 Å². The molecule has 1 heterocycles. The molecule has 1 saturated heterocycles.